The fourth-order valence-corrected chi connectivity index (χ4v) is 1.88. The van der Waals surface area contributed by atoms with Crippen molar-refractivity contribution in [3.63, 3.8) is 0 Å². The summed E-state index contributed by atoms with van der Waals surface area (Å²) in [6.07, 6.45) is 0. The van der Waals surface area contributed by atoms with Crippen molar-refractivity contribution < 1.29 is 4.79 Å². The first kappa shape index (κ1) is 15.3. The number of hydrogen-bond donors (Lipinski definition) is 0. The van der Waals surface area contributed by atoms with E-state index in [1.165, 1.54) is 0 Å². The standard InChI is InChI=1S/C12H23ClN2O/c1-6-14(7-2)10(5)11(13)12(16)15(8-3)9-4/h6-9H2,1-5H3/b11-10+. The van der Waals surface area contributed by atoms with Crippen molar-refractivity contribution in [1.82, 2.24) is 9.80 Å². The Kier molecular flexibility index (Phi) is 7.22. The zero-order chi connectivity index (χ0) is 12.7. The third-order valence-electron chi connectivity index (χ3n) is 2.79. The van der Waals surface area contributed by atoms with Crippen LogP contribution in [-0.4, -0.2) is 41.9 Å². The molecule has 0 heterocycles. The summed E-state index contributed by atoms with van der Waals surface area (Å²) in [6.45, 7) is 13.0. The summed E-state index contributed by atoms with van der Waals surface area (Å²) in [4.78, 5) is 15.8. The van der Waals surface area contributed by atoms with E-state index in [1.54, 1.807) is 4.90 Å². The van der Waals surface area contributed by atoms with Crippen molar-refractivity contribution in [2.75, 3.05) is 26.2 Å². The molecule has 0 atom stereocenters. The van der Waals surface area contributed by atoms with Crippen LogP contribution in [-0.2, 0) is 4.79 Å². The Balaban J connectivity index is 4.92. The van der Waals surface area contributed by atoms with Gasteiger partial charge in [0.2, 0.25) is 0 Å². The quantitative estimate of drug-likeness (QED) is 0.673. The Bertz CT molecular complexity index is 256. The van der Waals surface area contributed by atoms with Gasteiger partial charge < -0.3 is 9.80 Å². The van der Waals surface area contributed by atoms with Crippen LogP contribution in [0.25, 0.3) is 0 Å². The van der Waals surface area contributed by atoms with E-state index in [2.05, 4.69) is 18.7 Å². The average Bonchev–Trinajstić information content (AvgIpc) is 2.30. The van der Waals surface area contributed by atoms with Crippen LogP contribution < -0.4 is 0 Å². The van der Waals surface area contributed by atoms with Gasteiger partial charge in [-0.15, -0.1) is 0 Å². The molecular weight excluding hydrogens is 224 g/mol. The van der Waals surface area contributed by atoms with Gasteiger partial charge in [0.15, 0.2) is 0 Å². The zero-order valence-electron chi connectivity index (χ0n) is 11.0. The molecule has 0 aliphatic rings. The highest BCUT2D eigenvalue weighted by Gasteiger charge is 2.17. The van der Waals surface area contributed by atoms with Gasteiger partial charge in [0.1, 0.15) is 5.03 Å². The number of rotatable bonds is 6. The van der Waals surface area contributed by atoms with Gasteiger partial charge in [-0.3, -0.25) is 4.79 Å². The van der Waals surface area contributed by atoms with E-state index in [0.29, 0.717) is 18.1 Å². The number of amides is 1. The summed E-state index contributed by atoms with van der Waals surface area (Å²) >= 11 is 6.13. The van der Waals surface area contributed by atoms with Crippen LogP contribution in [0.1, 0.15) is 34.6 Å². The fourth-order valence-electron chi connectivity index (χ4n) is 1.64. The van der Waals surface area contributed by atoms with Gasteiger partial charge in [-0.05, 0) is 34.6 Å². The van der Waals surface area contributed by atoms with Crippen LogP contribution in [0, 0.1) is 0 Å². The number of hydrogen-bond acceptors (Lipinski definition) is 2. The predicted molar refractivity (Wildman–Crippen MR) is 69.4 cm³/mol. The van der Waals surface area contributed by atoms with Crippen LogP contribution in [0.15, 0.2) is 10.7 Å². The molecule has 0 aliphatic carbocycles. The monoisotopic (exact) mass is 246 g/mol. The van der Waals surface area contributed by atoms with Gasteiger partial charge in [-0.2, -0.15) is 0 Å². The van der Waals surface area contributed by atoms with Gasteiger partial charge in [-0.1, -0.05) is 11.6 Å². The second kappa shape index (κ2) is 7.55. The molecule has 0 N–H and O–H groups in total. The molecule has 0 spiro atoms. The Morgan fingerprint density at radius 3 is 1.62 bits per heavy atom. The van der Waals surface area contributed by atoms with Crippen LogP contribution in [0.3, 0.4) is 0 Å². The number of carbonyl (C=O) groups is 1. The first-order valence-corrected chi connectivity index (χ1v) is 6.31. The lowest BCUT2D eigenvalue weighted by atomic mass is 10.3. The SMILES string of the molecule is CCN(CC)C(=O)/C(Cl)=C(/C)N(CC)CC. The highest BCUT2D eigenvalue weighted by Crippen LogP contribution is 2.16. The minimum atomic E-state index is -0.0731. The maximum Gasteiger partial charge on any atom is 0.267 e. The molecule has 0 aliphatic heterocycles. The lowest BCUT2D eigenvalue weighted by Gasteiger charge is -2.25. The Morgan fingerprint density at radius 2 is 1.31 bits per heavy atom. The van der Waals surface area contributed by atoms with Gasteiger partial charge in [0.05, 0.1) is 0 Å². The molecule has 1 amide bonds. The molecule has 0 aromatic rings. The number of nitrogens with zero attached hydrogens (tertiary/aromatic N) is 2. The minimum Gasteiger partial charge on any atom is -0.374 e. The van der Waals surface area contributed by atoms with E-state index in [-0.39, 0.29) is 5.91 Å². The van der Waals surface area contributed by atoms with Crippen LogP contribution in [0.2, 0.25) is 0 Å². The molecule has 0 fully saturated rings. The Labute approximate surface area is 104 Å². The summed E-state index contributed by atoms with van der Waals surface area (Å²) in [7, 11) is 0. The van der Waals surface area contributed by atoms with Crippen LogP contribution in [0.4, 0.5) is 0 Å². The third kappa shape index (κ3) is 3.71. The fraction of sp³-hybridized carbons (Fsp3) is 0.750. The maximum atomic E-state index is 12.0. The first-order chi connectivity index (χ1) is 7.53. The van der Waals surface area contributed by atoms with Gasteiger partial charge in [0, 0.05) is 31.9 Å². The third-order valence-corrected chi connectivity index (χ3v) is 3.23. The zero-order valence-corrected chi connectivity index (χ0v) is 11.8. The molecule has 0 unspecified atom stereocenters. The molecule has 0 aromatic carbocycles. The minimum absolute atomic E-state index is 0.0731. The lowest BCUT2D eigenvalue weighted by Crippen LogP contribution is -2.32. The highest BCUT2D eigenvalue weighted by atomic mass is 35.5. The Hall–Kier alpha value is -0.700. The molecular formula is C12H23ClN2O. The van der Waals surface area contributed by atoms with E-state index < -0.39 is 0 Å². The molecule has 3 nitrogen and oxygen atoms in total. The lowest BCUT2D eigenvalue weighted by molar-refractivity contribution is -0.126. The van der Waals surface area contributed by atoms with Gasteiger partial charge >= 0.3 is 0 Å². The highest BCUT2D eigenvalue weighted by molar-refractivity contribution is 6.42. The van der Waals surface area contributed by atoms with E-state index >= 15 is 0 Å². The Morgan fingerprint density at radius 1 is 0.938 bits per heavy atom. The van der Waals surface area contributed by atoms with Crippen molar-refractivity contribution >= 4 is 17.5 Å². The van der Waals surface area contributed by atoms with E-state index in [4.69, 9.17) is 11.6 Å². The second-order valence-electron chi connectivity index (χ2n) is 3.55. The molecule has 0 radical (unpaired) electrons. The largest absolute Gasteiger partial charge is 0.374 e. The topological polar surface area (TPSA) is 23.6 Å². The molecule has 0 aromatic heterocycles. The molecule has 0 bridgehead atoms. The maximum absolute atomic E-state index is 12.0. The summed E-state index contributed by atoms with van der Waals surface area (Å²) in [5, 5.41) is 0.340. The van der Waals surface area contributed by atoms with Crippen molar-refractivity contribution in [3.05, 3.63) is 10.7 Å². The summed E-state index contributed by atoms with van der Waals surface area (Å²) in [5.74, 6) is -0.0731. The smallest absolute Gasteiger partial charge is 0.267 e. The van der Waals surface area contributed by atoms with E-state index in [1.807, 2.05) is 20.8 Å². The van der Waals surface area contributed by atoms with Crippen molar-refractivity contribution in [2.45, 2.75) is 34.6 Å². The van der Waals surface area contributed by atoms with Crippen LogP contribution >= 0.6 is 11.6 Å². The molecule has 0 saturated carbocycles. The number of allylic oxidation sites excluding steroid dienone is 1. The van der Waals surface area contributed by atoms with E-state index in [0.717, 1.165) is 18.8 Å². The van der Waals surface area contributed by atoms with Crippen molar-refractivity contribution in [1.29, 1.82) is 0 Å². The van der Waals surface area contributed by atoms with Crippen molar-refractivity contribution in [3.8, 4) is 0 Å². The molecule has 16 heavy (non-hydrogen) atoms. The number of likely N-dealkylation sites (N-methyl/N-ethyl adjacent to an activating group) is 1. The van der Waals surface area contributed by atoms with Crippen LogP contribution in [0.5, 0.6) is 0 Å². The first-order valence-electron chi connectivity index (χ1n) is 5.93. The summed E-state index contributed by atoms with van der Waals surface area (Å²) < 4.78 is 0. The molecule has 0 saturated heterocycles. The predicted octanol–water partition coefficient (Wildman–Crippen LogP) is 2.67. The number of halogens is 1. The summed E-state index contributed by atoms with van der Waals surface area (Å²) in [6, 6.07) is 0. The molecule has 94 valence electrons. The van der Waals surface area contributed by atoms with Crippen molar-refractivity contribution in [2.24, 2.45) is 0 Å². The number of carbonyl (C=O) groups excluding carboxylic acids is 1. The van der Waals surface area contributed by atoms with Gasteiger partial charge in [0.25, 0.3) is 5.91 Å². The van der Waals surface area contributed by atoms with E-state index in [9.17, 15) is 4.79 Å². The average molecular weight is 247 g/mol. The second-order valence-corrected chi connectivity index (χ2v) is 3.93. The molecule has 0 rings (SSSR count). The van der Waals surface area contributed by atoms with Gasteiger partial charge in [-0.25, -0.2) is 0 Å². The molecule has 4 heteroatoms. The normalized spacial score (nSPS) is 12.1. The summed E-state index contributed by atoms with van der Waals surface area (Å²) in [5.41, 5.74) is 0.864.